The molecule has 1 aliphatic heterocycles. The van der Waals surface area contributed by atoms with Crippen LogP contribution < -0.4 is 4.90 Å². The number of nitro groups is 1. The third kappa shape index (κ3) is 3.04. The zero-order valence-electron chi connectivity index (χ0n) is 11.3. The number of carboxylic acid groups (broad SMARTS) is 1. The molecule has 1 saturated heterocycles. The summed E-state index contributed by atoms with van der Waals surface area (Å²) in [6.45, 7) is 5.53. The molecule has 1 aliphatic rings. The van der Waals surface area contributed by atoms with Crippen LogP contribution in [-0.2, 0) is 0 Å². The molecule has 0 bridgehead atoms. The van der Waals surface area contributed by atoms with E-state index in [0.717, 1.165) is 5.75 Å². The Kier molecular flexibility index (Phi) is 3.89. The Morgan fingerprint density at radius 2 is 2.20 bits per heavy atom. The minimum absolute atomic E-state index is 0.00134. The molecule has 0 amide bonds. The van der Waals surface area contributed by atoms with Gasteiger partial charge < -0.3 is 10.0 Å². The summed E-state index contributed by atoms with van der Waals surface area (Å²) in [5.74, 6) is -0.194. The van der Waals surface area contributed by atoms with Crippen molar-refractivity contribution in [2.75, 3.05) is 23.7 Å². The predicted molar refractivity (Wildman–Crippen MR) is 78.8 cm³/mol. The fourth-order valence-electron chi connectivity index (χ4n) is 2.30. The van der Waals surface area contributed by atoms with Crippen LogP contribution in [0.25, 0.3) is 0 Å². The van der Waals surface area contributed by atoms with Gasteiger partial charge in [0.2, 0.25) is 0 Å². The van der Waals surface area contributed by atoms with Crippen LogP contribution >= 0.6 is 11.8 Å². The van der Waals surface area contributed by atoms with E-state index in [1.165, 1.54) is 18.2 Å². The number of nitrogens with zero attached hydrogens (tertiary/aromatic N) is 2. The molecule has 20 heavy (non-hydrogen) atoms. The highest BCUT2D eigenvalue weighted by atomic mass is 32.2. The van der Waals surface area contributed by atoms with Crippen LogP contribution in [0.1, 0.15) is 24.2 Å². The molecule has 1 N–H and O–H groups in total. The lowest BCUT2D eigenvalue weighted by Crippen LogP contribution is -2.43. The standard InChI is InChI=1S/C13H16N2O4S/c1-13(2)8-14(5-6-20-13)11-7-9(15(18)19)3-4-10(11)12(16)17/h3-4,7H,5-6,8H2,1-2H3,(H,16,17). The quantitative estimate of drug-likeness (QED) is 0.682. The fraction of sp³-hybridized carbons (Fsp3) is 0.462. The SMILES string of the molecule is CC1(C)CN(c2cc([N+](=O)[O-])ccc2C(=O)O)CCS1. The maximum atomic E-state index is 11.3. The van der Waals surface area contributed by atoms with E-state index in [-0.39, 0.29) is 16.0 Å². The van der Waals surface area contributed by atoms with Crippen molar-refractivity contribution in [2.24, 2.45) is 0 Å². The van der Waals surface area contributed by atoms with Gasteiger partial charge in [0.05, 0.1) is 16.2 Å². The van der Waals surface area contributed by atoms with Crippen LogP contribution in [0, 0.1) is 10.1 Å². The number of carbonyl (C=O) groups is 1. The highest BCUT2D eigenvalue weighted by Crippen LogP contribution is 2.35. The lowest BCUT2D eigenvalue weighted by atomic mass is 10.1. The van der Waals surface area contributed by atoms with Crippen molar-refractivity contribution in [1.82, 2.24) is 0 Å². The molecule has 1 aromatic rings. The van der Waals surface area contributed by atoms with Crippen LogP contribution in [0.4, 0.5) is 11.4 Å². The number of nitro benzene ring substituents is 1. The van der Waals surface area contributed by atoms with Crippen molar-refractivity contribution in [3.8, 4) is 0 Å². The van der Waals surface area contributed by atoms with Gasteiger partial charge in [-0.1, -0.05) is 0 Å². The fourth-order valence-corrected chi connectivity index (χ4v) is 3.41. The average molecular weight is 296 g/mol. The summed E-state index contributed by atoms with van der Waals surface area (Å²) in [5, 5.41) is 20.1. The van der Waals surface area contributed by atoms with Crippen LogP contribution in [0.15, 0.2) is 18.2 Å². The van der Waals surface area contributed by atoms with E-state index in [1.54, 1.807) is 0 Å². The molecule has 0 saturated carbocycles. The third-order valence-electron chi connectivity index (χ3n) is 3.19. The number of anilines is 1. The van der Waals surface area contributed by atoms with Crippen LogP contribution in [0.2, 0.25) is 0 Å². The normalized spacial score (nSPS) is 17.8. The highest BCUT2D eigenvalue weighted by Gasteiger charge is 2.30. The van der Waals surface area contributed by atoms with Crippen LogP contribution in [-0.4, -0.2) is 39.6 Å². The second-order valence-electron chi connectivity index (χ2n) is 5.29. The van der Waals surface area contributed by atoms with E-state index >= 15 is 0 Å². The van der Waals surface area contributed by atoms with Gasteiger partial charge in [-0.15, -0.1) is 0 Å². The first-order valence-electron chi connectivity index (χ1n) is 6.21. The number of hydrogen-bond acceptors (Lipinski definition) is 5. The lowest BCUT2D eigenvalue weighted by Gasteiger charge is -2.39. The first-order valence-corrected chi connectivity index (χ1v) is 7.19. The van der Waals surface area contributed by atoms with Gasteiger partial charge in [0.25, 0.3) is 5.69 Å². The van der Waals surface area contributed by atoms with Crippen molar-refractivity contribution in [1.29, 1.82) is 0 Å². The largest absolute Gasteiger partial charge is 0.478 e. The van der Waals surface area contributed by atoms with Gasteiger partial charge in [0, 0.05) is 35.7 Å². The van der Waals surface area contributed by atoms with Crippen molar-refractivity contribution < 1.29 is 14.8 Å². The predicted octanol–water partition coefficient (Wildman–Crippen LogP) is 2.62. The number of rotatable bonds is 3. The highest BCUT2D eigenvalue weighted by molar-refractivity contribution is 8.00. The van der Waals surface area contributed by atoms with Gasteiger partial charge in [-0.25, -0.2) is 4.79 Å². The molecule has 0 aliphatic carbocycles. The second-order valence-corrected chi connectivity index (χ2v) is 7.10. The molecule has 1 aromatic carbocycles. The third-order valence-corrected chi connectivity index (χ3v) is 4.49. The maximum Gasteiger partial charge on any atom is 0.337 e. The molecule has 1 heterocycles. The zero-order chi connectivity index (χ0) is 14.9. The summed E-state index contributed by atoms with van der Waals surface area (Å²) in [4.78, 5) is 23.6. The molecule has 0 unspecified atom stereocenters. The Bertz CT molecular complexity index is 559. The minimum atomic E-state index is -1.06. The average Bonchev–Trinajstić information content (AvgIpc) is 2.36. The summed E-state index contributed by atoms with van der Waals surface area (Å²) >= 11 is 1.82. The molecular formula is C13H16N2O4S. The molecule has 7 heteroatoms. The topological polar surface area (TPSA) is 83.7 Å². The summed E-state index contributed by atoms with van der Waals surface area (Å²) in [5.41, 5.74) is 0.458. The molecule has 0 radical (unpaired) electrons. The van der Waals surface area contributed by atoms with Crippen molar-refractivity contribution in [3.05, 3.63) is 33.9 Å². The molecule has 6 nitrogen and oxygen atoms in total. The van der Waals surface area contributed by atoms with Crippen LogP contribution in [0.3, 0.4) is 0 Å². The molecule has 108 valence electrons. The van der Waals surface area contributed by atoms with Crippen molar-refractivity contribution in [3.63, 3.8) is 0 Å². The summed E-state index contributed by atoms with van der Waals surface area (Å²) < 4.78 is -0.00134. The number of thioether (sulfide) groups is 1. The Morgan fingerprint density at radius 1 is 1.50 bits per heavy atom. The molecular weight excluding hydrogens is 280 g/mol. The zero-order valence-corrected chi connectivity index (χ0v) is 12.1. The molecule has 0 atom stereocenters. The number of non-ortho nitro benzene ring substituents is 1. The van der Waals surface area contributed by atoms with E-state index in [2.05, 4.69) is 13.8 Å². The van der Waals surface area contributed by atoms with E-state index in [9.17, 15) is 20.0 Å². The van der Waals surface area contributed by atoms with Gasteiger partial charge in [0.15, 0.2) is 0 Å². The second kappa shape index (κ2) is 5.32. The van der Waals surface area contributed by atoms with Gasteiger partial charge in [0.1, 0.15) is 0 Å². The Labute approximate surface area is 120 Å². The van der Waals surface area contributed by atoms with Gasteiger partial charge in [-0.3, -0.25) is 10.1 Å². The Morgan fingerprint density at radius 3 is 2.75 bits per heavy atom. The smallest absolute Gasteiger partial charge is 0.337 e. The maximum absolute atomic E-state index is 11.3. The molecule has 1 fully saturated rings. The monoisotopic (exact) mass is 296 g/mol. The number of benzene rings is 1. The van der Waals surface area contributed by atoms with Crippen molar-refractivity contribution >= 4 is 29.1 Å². The first kappa shape index (κ1) is 14.6. The minimum Gasteiger partial charge on any atom is -0.478 e. The summed E-state index contributed by atoms with van der Waals surface area (Å²) in [6, 6.07) is 3.90. The molecule has 0 aromatic heterocycles. The summed E-state index contributed by atoms with van der Waals surface area (Å²) in [7, 11) is 0. The van der Waals surface area contributed by atoms with Crippen LogP contribution in [0.5, 0.6) is 0 Å². The lowest BCUT2D eigenvalue weighted by molar-refractivity contribution is -0.384. The number of hydrogen-bond donors (Lipinski definition) is 1. The Hall–Kier alpha value is -1.76. The Balaban J connectivity index is 2.44. The van der Waals surface area contributed by atoms with E-state index in [4.69, 9.17) is 0 Å². The van der Waals surface area contributed by atoms with Crippen molar-refractivity contribution in [2.45, 2.75) is 18.6 Å². The van der Waals surface area contributed by atoms with Gasteiger partial charge in [-0.05, 0) is 19.9 Å². The van der Waals surface area contributed by atoms with Gasteiger partial charge in [-0.2, -0.15) is 11.8 Å². The first-order chi connectivity index (χ1) is 9.30. The van der Waals surface area contributed by atoms with Gasteiger partial charge >= 0.3 is 5.97 Å². The van der Waals surface area contributed by atoms with E-state index < -0.39 is 10.9 Å². The number of aromatic carboxylic acids is 1. The molecule has 2 rings (SSSR count). The molecule has 0 spiro atoms. The van der Waals surface area contributed by atoms with E-state index in [1.807, 2.05) is 16.7 Å². The summed E-state index contributed by atoms with van der Waals surface area (Å²) in [6.07, 6.45) is 0. The van der Waals surface area contributed by atoms with E-state index in [0.29, 0.717) is 18.8 Å². The number of carboxylic acids is 1.